The molecule has 0 saturated carbocycles. The van der Waals surface area contributed by atoms with Crippen LogP contribution in [-0.4, -0.2) is 20.9 Å². The molecule has 0 aliphatic rings. The Morgan fingerprint density at radius 1 is 1.44 bits per heavy atom. The summed E-state index contributed by atoms with van der Waals surface area (Å²) >= 11 is 0. The van der Waals surface area contributed by atoms with Crippen molar-refractivity contribution in [2.75, 3.05) is 0 Å². The van der Waals surface area contributed by atoms with Crippen molar-refractivity contribution in [1.29, 1.82) is 0 Å². The van der Waals surface area contributed by atoms with Crippen molar-refractivity contribution in [1.82, 2.24) is 9.55 Å². The van der Waals surface area contributed by atoms with E-state index in [4.69, 9.17) is 0 Å². The van der Waals surface area contributed by atoms with Gasteiger partial charge in [-0.05, 0) is 12.1 Å². The molecule has 0 radical (unpaired) electrons. The monoisotopic (exact) mass is 214 g/mol. The zero-order valence-corrected chi connectivity index (χ0v) is 8.69. The largest absolute Gasteiger partial charge is 0.506 e. The average Bonchev–Trinajstić information content (AvgIpc) is 2.80. The highest BCUT2D eigenvalue weighted by Crippen LogP contribution is 2.32. The Hall–Kier alpha value is -2.23. The number of carbonyl (C=O) groups excluding carboxylic acids is 1. The number of para-hydroxylation sites is 1. The third kappa shape index (κ3) is 0.957. The number of aromatic hydroxyl groups is 1. The van der Waals surface area contributed by atoms with Gasteiger partial charge >= 0.3 is 0 Å². The molecule has 2 N–H and O–H groups in total. The second-order valence-electron chi connectivity index (χ2n) is 3.84. The first-order valence-corrected chi connectivity index (χ1v) is 4.96. The fraction of sp³-hybridized carbons (Fsp3) is 0.0833. The SMILES string of the molecule is Cn1c2cc(C=O)[nH]c2c2cccc(O)c21. The Labute approximate surface area is 91.1 Å². The lowest BCUT2D eigenvalue weighted by Crippen LogP contribution is -1.86. The predicted molar refractivity (Wildman–Crippen MR) is 61.8 cm³/mol. The van der Waals surface area contributed by atoms with Crippen LogP contribution in [0.5, 0.6) is 5.75 Å². The highest BCUT2D eigenvalue weighted by atomic mass is 16.3. The van der Waals surface area contributed by atoms with Gasteiger partial charge in [-0.15, -0.1) is 0 Å². The maximum Gasteiger partial charge on any atom is 0.166 e. The minimum absolute atomic E-state index is 0.247. The van der Waals surface area contributed by atoms with E-state index < -0.39 is 0 Å². The van der Waals surface area contributed by atoms with Crippen LogP contribution >= 0.6 is 0 Å². The number of nitrogens with one attached hydrogen (secondary N) is 1. The van der Waals surface area contributed by atoms with Crippen molar-refractivity contribution < 1.29 is 9.90 Å². The Morgan fingerprint density at radius 2 is 2.25 bits per heavy atom. The first-order valence-electron chi connectivity index (χ1n) is 4.96. The molecular formula is C12H10N2O2. The van der Waals surface area contributed by atoms with Crippen LogP contribution in [0.2, 0.25) is 0 Å². The van der Waals surface area contributed by atoms with Gasteiger partial charge < -0.3 is 14.7 Å². The number of aldehydes is 1. The Morgan fingerprint density at radius 3 is 3.00 bits per heavy atom. The number of hydrogen-bond donors (Lipinski definition) is 2. The molecule has 0 aliphatic carbocycles. The zero-order chi connectivity index (χ0) is 11.3. The number of H-pyrrole nitrogens is 1. The highest BCUT2D eigenvalue weighted by Gasteiger charge is 2.13. The molecule has 0 unspecified atom stereocenters. The minimum Gasteiger partial charge on any atom is -0.506 e. The number of benzene rings is 1. The number of nitrogens with zero attached hydrogens (tertiary/aromatic N) is 1. The summed E-state index contributed by atoms with van der Waals surface area (Å²) in [5, 5.41) is 10.7. The van der Waals surface area contributed by atoms with Crippen LogP contribution in [0.3, 0.4) is 0 Å². The molecule has 3 aromatic rings. The summed E-state index contributed by atoms with van der Waals surface area (Å²) in [5.41, 5.74) is 3.13. The molecule has 0 saturated heterocycles. The summed E-state index contributed by atoms with van der Waals surface area (Å²) in [6, 6.07) is 7.14. The van der Waals surface area contributed by atoms with E-state index in [1.165, 1.54) is 0 Å². The second-order valence-corrected chi connectivity index (χ2v) is 3.84. The lowest BCUT2D eigenvalue weighted by Gasteiger charge is -1.99. The normalized spacial score (nSPS) is 11.3. The van der Waals surface area contributed by atoms with Crippen molar-refractivity contribution in [3.8, 4) is 5.75 Å². The van der Waals surface area contributed by atoms with Crippen LogP contribution < -0.4 is 0 Å². The van der Waals surface area contributed by atoms with Gasteiger partial charge in [-0.1, -0.05) is 12.1 Å². The summed E-state index contributed by atoms with van der Waals surface area (Å²) in [6.07, 6.45) is 0.786. The third-order valence-electron chi connectivity index (χ3n) is 2.93. The number of hydrogen-bond acceptors (Lipinski definition) is 2. The molecule has 0 amide bonds. The van der Waals surface area contributed by atoms with Crippen LogP contribution in [0, 0.1) is 0 Å². The van der Waals surface area contributed by atoms with Gasteiger partial charge in [-0.2, -0.15) is 0 Å². The summed E-state index contributed by atoms with van der Waals surface area (Å²) in [6.45, 7) is 0. The second kappa shape index (κ2) is 2.88. The van der Waals surface area contributed by atoms with Gasteiger partial charge in [0.05, 0.1) is 22.2 Å². The summed E-state index contributed by atoms with van der Waals surface area (Å²) in [7, 11) is 1.87. The Balaban J connectivity index is 2.58. The minimum atomic E-state index is 0.247. The van der Waals surface area contributed by atoms with Gasteiger partial charge in [-0.3, -0.25) is 4.79 Å². The van der Waals surface area contributed by atoms with Gasteiger partial charge in [0, 0.05) is 12.4 Å². The molecule has 0 spiro atoms. The quantitative estimate of drug-likeness (QED) is 0.610. The van der Waals surface area contributed by atoms with E-state index in [2.05, 4.69) is 4.98 Å². The lowest BCUT2D eigenvalue weighted by molar-refractivity contribution is 0.112. The van der Waals surface area contributed by atoms with Gasteiger partial charge in [0.1, 0.15) is 5.75 Å². The Bertz CT molecular complexity index is 707. The van der Waals surface area contributed by atoms with Crippen molar-refractivity contribution in [3.63, 3.8) is 0 Å². The molecular weight excluding hydrogens is 204 g/mol. The fourth-order valence-electron chi connectivity index (χ4n) is 2.20. The van der Waals surface area contributed by atoms with Crippen molar-refractivity contribution in [2.24, 2.45) is 7.05 Å². The van der Waals surface area contributed by atoms with Gasteiger partial charge in [0.15, 0.2) is 6.29 Å². The summed E-state index contributed by atoms with van der Waals surface area (Å²) in [4.78, 5) is 13.7. The number of phenolic OH excluding ortho intramolecular Hbond substituents is 1. The molecule has 0 fully saturated rings. The molecule has 0 bridgehead atoms. The van der Waals surface area contributed by atoms with Crippen molar-refractivity contribution in [3.05, 3.63) is 30.0 Å². The first-order chi connectivity index (χ1) is 7.72. The van der Waals surface area contributed by atoms with Gasteiger partial charge in [-0.25, -0.2) is 0 Å². The molecule has 4 nitrogen and oxygen atoms in total. The van der Waals surface area contributed by atoms with E-state index in [1.54, 1.807) is 18.2 Å². The van der Waals surface area contributed by atoms with Crippen LogP contribution in [-0.2, 0) is 7.05 Å². The third-order valence-corrected chi connectivity index (χ3v) is 2.93. The molecule has 2 heterocycles. The number of aryl methyl sites for hydroxylation is 1. The molecule has 0 atom stereocenters. The molecule has 1 aromatic carbocycles. The smallest absolute Gasteiger partial charge is 0.166 e. The van der Waals surface area contributed by atoms with Gasteiger partial charge in [0.2, 0.25) is 0 Å². The van der Waals surface area contributed by atoms with E-state index in [0.29, 0.717) is 5.69 Å². The molecule has 2 aromatic heterocycles. The number of aromatic amines is 1. The van der Waals surface area contributed by atoms with E-state index in [9.17, 15) is 9.90 Å². The van der Waals surface area contributed by atoms with Crippen LogP contribution in [0.1, 0.15) is 10.5 Å². The predicted octanol–water partition coefficient (Wildman–Crippen LogP) is 2.18. The zero-order valence-electron chi connectivity index (χ0n) is 8.69. The van der Waals surface area contributed by atoms with E-state index in [0.717, 1.165) is 28.2 Å². The van der Waals surface area contributed by atoms with Crippen LogP contribution in [0.15, 0.2) is 24.3 Å². The van der Waals surface area contributed by atoms with Crippen molar-refractivity contribution in [2.45, 2.75) is 0 Å². The number of fused-ring (bicyclic) bond motifs is 3. The van der Waals surface area contributed by atoms with E-state index >= 15 is 0 Å². The Kier molecular flexibility index (Phi) is 1.63. The molecule has 4 heteroatoms. The van der Waals surface area contributed by atoms with Crippen LogP contribution in [0.4, 0.5) is 0 Å². The number of phenols is 1. The summed E-state index contributed by atoms with van der Waals surface area (Å²) < 4.78 is 1.88. The molecule has 80 valence electrons. The highest BCUT2D eigenvalue weighted by molar-refractivity contribution is 6.09. The molecule has 0 aliphatic heterocycles. The number of rotatable bonds is 1. The maximum atomic E-state index is 10.7. The lowest BCUT2D eigenvalue weighted by atomic mass is 10.2. The molecule has 16 heavy (non-hydrogen) atoms. The number of carbonyl (C=O) groups is 1. The topological polar surface area (TPSA) is 58.0 Å². The molecule has 3 rings (SSSR count). The summed E-state index contributed by atoms with van der Waals surface area (Å²) in [5.74, 6) is 0.247. The van der Waals surface area contributed by atoms with E-state index in [-0.39, 0.29) is 5.75 Å². The number of aromatic nitrogens is 2. The average molecular weight is 214 g/mol. The maximum absolute atomic E-state index is 10.7. The van der Waals surface area contributed by atoms with E-state index in [1.807, 2.05) is 17.7 Å². The standard InChI is InChI=1S/C12H10N2O2/c1-14-9-5-7(6-15)13-11(9)8-3-2-4-10(16)12(8)14/h2-6,13,16H,1H3. The fourth-order valence-corrected chi connectivity index (χ4v) is 2.20. The van der Waals surface area contributed by atoms with Gasteiger partial charge in [0.25, 0.3) is 0 Å². The first kappa shape index (κ1) is 9.03. The van der Waals surface area contributed by atoms with Crippen LogP contribution in [0.25, 0.3) is 21.9 Å². The van der Waals surface area contributed by atoms with Crippen molar-refractivity contribution >= 4 is 28.2 Å².